The fraction of sp³-hybridized carbons (Fsp3) is 0.636. The van der Waals surface area contributed by atoms with Crippen LogP contribution in [0.4, 0.5) is 0 Å². The SMILES string of the molecule is Cc1ncoc1C(=O)NC(C)(CN)C(C)C.Cl.Cl. The minimum Gasteiger partial charge on any atom is -0.438 e. The number of oxazole rings is 1. The summed E-state index contributed by atoms with van der Waals surface area (Å²) in [5, 5.41) is 2.89. The number of aromatic nitrogens is 1. The van der Waals surface area contributed by atoms with Crippen molar-refractivity contribution in [3.05, 3.63) is 17.8 Å². The van der Waals surface area contributed by atoms with Crippen molar-refractivity contribution in [3.63, 3.8) is 0 Å². The summed E-state index contributed by atoms with van der Waals surface area (Å²) in [4.78, 5) is 15.8. The first-order chi connectivity index (χ1) is 7.40. The Hall–Kier alpha value is -0.780. The zero-order valence-electron chi connectivity index (χ0n) is 11.0. The van der Waals surface area contributed by atoms with E-state index in [0.717, 1.165) is 0 Å². The number of hydrogen-bond donors (Lipinski definition) is 2. The molecular formula is C11H21Cl2N3O2. The molecule has 5 nitrogen and oxygen atoms in total. The molecule has 1 heterocycles. The van der Waals surface area contributed by atoms with Crippen LogP contribution in [0.5, 0.6) is 0 Å². The fourth-order valence-electron chi connectivity index (χ4n) is 1.27. The predicted molar refractivity (Wildman–Crippen MR) is 75.5 cm³/mol. The van der Waals surface area contributed by atoms with E-state index in [1.807, 2.05) is 20.8 Å². The van der Waals surface area contributed by atoms with Crippen LogP contribution >= 0.6 is 24.8 Å². The third-order valence-electron chi connectivity index (χ3n) is 3.05. The van der Waals surface area contributed by atoms with Crippen LogP contribution in [0, 0.1) is 12.8 Å². The summed E-state index contributed by atoms with van der Waals surface area (Å²) in [5.74, 6) is 0.224. The smallest absolute Gasteiger partial charge is 0.289 e. The summed E-state index contributed by atoms with van der Waals surface area (Å²) in [5.41, 5.74) is 5.84. The number of hydrogen-bond acceptors (Lipinski definition) is 4. The topological polar surface area (TPSA) is 81.2 Å². The Morgan fingerprint density at radius 3 is 2.44 bits per heavy atom. The van der Waals surface area contributed by atoms with E-state index < -0.39 is 5.54 Å². The molecule has 0 saturated carbocycles. The third-order valence-corrected chi connectivity index (χ3v) is 3.05. The molecule has 1 aromatic rings. The second-order valence-corrected chi connectivity index (χ2v) is 4.50. The van der Waals surface area contributed by atoms with Gasteiger partial charge in [-0.3, -0.25) is 4.79 Å². The van der Waals surface area contributed by atoms with Gasteiger partial charge in [0.2, 0.25) is 5.76 Å². The van der Waals surface area contributed by atoms with E-state index in [4.69, 9.17) is 10.2 Å². The van der Waals surface area contributed by atoms with Crippen molar-refractivity contribution in [1.29, 1.82) is 0 Å². The summed E-state index contributed by atoms with van der Waals surface area (Å²) in [6.45, 7) is 8.05. The average molecular weight is 298 g/mol. The molecule has 1 rings (SSSR count). The van der Waals surface area contributed by atoms with Crippen LogP contribution in [-0.2, 0) is 0 Å². The van der Waals surface area contributed by atoms with Gasteiger partial charge in [0.25, 0.3) is 5.91 Å². The van der Waals surface area contributed by atoms with Crippen molar-refractivity contribution in [2.24, 2.45) is 11.7 Å². The number of nitrogens with one attached hydrogen (secondary N) is 1. The van der Waals surface area contributed by atoms with Gasteiger partial charge in [0.1, 0.15) is 0 Å². The molecule has 0 aliphatic rings. The van der Waals surface area contributed by atoms with Gasteiger partial charge >= 0.3 is 0 Å². The fourth-order valence-corrected chi connectivity index (χ4v) is 1.27. The van der Waals surface area contributed by atoms with Crippen LogP contribution in [0.15, 0.2) is 10.8 Å². The van der Waals surface area contributed by atoms with Crippen molar-refractivity contribution < 1.29 is 9.21 Å². The number of amides is 1. The predicted octanol–water partition coefficient (Wildman–Crippen LogP) is 1.93. The molecule has 0 aliphatic carbocycles. The first-order valence-corrected chi connectivity index (χ1v) is 5.33. The summed E-state index contributed by atoms with van der Waals surface area (Å²) in [7, 11) is 0. The van der Waals surface area contributed by atoms with Crippen LogP contribution in [0.2, 0.25) is 0 Å². The van der Waals surface area contributed by atoms with Crippen LogP contribution in [-0.4, -0.2) is 23.0 Å². The first kappa shape index (κ1) is 19.6. The molecule has 0 aromatic carbocycles. The molecule has 0 saturated heterocycles. The zero-order chi connectivity index (χ0) is 12.3. The van der Waals surface area contributed by atoms with Gasteiger partial charge in [-0.2, -0.15) is 0 Å². The second kappa shape index (κ2) is 7.61. The lowest BCUT2D eigenvalue weighted by Gasteiger charge is -2.33. The Morgan fingerprint density at radius 2 is 2.11 bits per heavy atom. The Labute approximate surface area is 120 Å². The second-order valence-electron chi connectivity index (χ2n) is 4.50. The van der Waals surface area contributed by atoms with Crippen molar-refractivity contribution in [1.82, 2.24) is 10.3 Å². The van der Waals surface area contributed by atoms with Crippen molar-refractivity contribution in [2.45, 2.75) is 33.2 Å². The van der Waals surface area contributed by atoms with Gasteiger partial charge in [-0.25, -0.2) is 4.98 Å². The number of nitrogens with two attached hydrogens (primary N) is 1. The molecule has 0 aliphatic heterocycles. The minimum absolute atomic E-state index is 0. The zero-order valence-corrected chi connectivity index (χ0v) is 12.7. The van der Waals surface area contributed by atoms with Gasteiger partial charge in [-0.05, 0) is 19.8 Å². The Balaban J connectivity index is 0. The number of carbonyl (C=O) groups is 1. The molecule has 0 radical (unpaired) electrons. The molecule has 1 unspecified atom stereocenters. The molecule has 7 heteroatoms. The van der Waals surface area contributed by atoms with Crippen molar-refractivity contribution >= 4 is 30.7 Å². The molecular weight excluding hydrogens is 277 g/mol. The van der Waals surface area contributed by atoms with Gasteiger partial charge in [-0.1, -0.05) is 13.8 Å². The maximum atomic E-state index is 11.9. The number of rotatable bonds is 4. The van der Waals surface area contributed by atoms with Gasteiger partial charge in [-0.15, -0.1) is 24.8 Å². The lowest BCUT2D eigenvalue weighted by molar-refractivity contribution is 0.0853. The average Bonchev–Trinajstić information content (AvgIpc) is 2.64. The van der Waals surface area contributed by atoms with E-state index >= 15 is 0 Å². The van der Waals surface area contributed by atoms with E-state index in [-0.39, 0.29) is 42.4 Å². The third kappa shape index (κ3) is 4.15. The maximum absolute atomic E-state index is 11.9. The van der Waals surface area contributed by atoms with Crippen molar-refractivity contribution in [2.75, 3.05) is 6.54 Å². The van der Waals surface area contributed by atoms with Crippen molar-refractivity contribution in [3.8, 4) is 0 Å². The maximum Gasteiger partial charge on any atom is 0.289 e. The highest BCUT2D eigenvalue weighted by atomic mass is 35.5. The summed E-state index contributed by atoms with van der Waals surface area (Å²) < 4.78 is 5.03. The molecule has 1 aromatic heterocycles. The highest BCUT2D eigenvalue weighted by Gasteiger charge is 2.30. The molecule has 1 amide bonds. The van der Waals surface area contributed by atoms with Gasteiger partial charge in [0, 0.05) is 6.54 Å². The van der Waals surface area contributed by atoms with Gasteiger partial charge in [0.05, 0.1) is 11.2 Å². The molecule has 18 heavy (non-hydrogen) atoms. The number of nitrogens with zero attached hydrogens (tertiary/aromatic N) is 1. The van der Waals surface area contributed by atoms with Crippen LogP contribution in [0.25, 0.3) is 0 Å². The van der Waals surface area contributed by atoms with Crippen LogP contribution < -0.4 is 11.1 Å². The van der Waals surface area contributed by atoms with E-state index in [1.165, 1.54) is 6.39 Å². The number of halogens is 2. The van der Waals surface area contributed by atoms with Crippen LogP contribution in [0.3, 0.4) is 0 Å². The molecule has 0 fully saturated rings. The van der Waals surface area contributed by atoms with E-state index in [9.17, 15) is 4.79 Å². The normalized spacial score (nSPS) is 13.2. The molecule has 106 valence electrons. The lowest BCUT2D eigenvalue weighted by Crippen LogP contribution is -2.55. The first-order valence-electron chi connectivity index (χ1n) is 5.33. The number of aryl methyl sites for hydroxylation is 1. The van der Waals surface area contributed by atoms with Gasteiger partial charge in [0.15, 0.2) is 6.39 Å². The molecule has 1 atom stereocenters. The Kier molecular flexibility index (Phi) is 8.27. The van der Waals surface area contributed by atoms with Gasteiger partial charge < -0.3 is 15.5 Å². The summed E-state index contributed by atoms with van der Waals surface area (Å²) >= 11 is 0. The largest absolute Gasteiger partial charge is 0.438 e. The molecule has 0 spiro atoms. The highest BCUT2D eigenvalue weighted by molar-refractivity contribution is 5.92. The Morgan fingerprint density at radius 1 is 1.56 bits per heavy atom. The highest BCUT2D eigenvalue weighted by Crippen LogP contribution is 2.16. The van der Waals surface area contributed by atoms with E-state index in [2.05, 4.69) is 10.3 Å². The quantitative estimate of drug-likeness (QED) is 0.890. The number of carbonyl (C=O) groups excluding carboxylic acids is 1. The van der Waals surface area contributed by atoms with E-state index in [0.29, 0.717) is 12.2 Å². The van der Waals surface area contributed by atoms with Crippen LogP contribution in [0.1, 0.15) is 37.0 Å². The Bertz CT molecular complexity index is 382. The minimum atomic E-state index is -0.434. The monoisotopic (exact) mass is 297 g/mol. The standard InChI is InChI=1S/C11H19N3O2.2ClH/c1-7(2)11(4,5-12)14-10(15)9-8(3)13-6-16-9;;/h6-7H,5,12H2,1-4H3,(H,14,15);2*1H. The van der Waals surface area contributed by atoms with E-state index in [1.54, 1.807) is 6.92 Å². The summed E-state index contributed by atoms with van der Waals surface area (Å²) in [6, 6.07) is 0. The lowest BCUT2D eigenvalue weighted by atomic mass is 9.88. The molecule has 3 N–H and O–H groups in total. The molecule has 0 bridgehead atoms. The summed E-state index contributed by atoms with van der Waals surface area (Å²) in [6.07, 6.45) is 1.26.